The molecule has 35 heavy (non-hydrogen) atoms. The molecular weight excluding hydrogens is 494 g/mol. The van der Waals surface area contributed by atoms with Gasteiger partial charge in [0.25, 0.3) is 10.0 Å². The molecule has 0 saturated carbocycles. The second-order valence-corrected chi connectivity index (χ2v) is 9.68. The number of hydrogen-bond donors (Lipinski definition) is 2. The van der Waals surface area contributed by atoms with Crippen LogP contribution in [0.25, 0.3) is 11.0 Å². The minimum Gasteiger partial charge on any atom is -0.496 e. The molecular formula is C23H26ClN5O5S. The van der Waals surface area contributed by atoms with E-state index in [4.69, 9.17) is 14.0 Å². The number of aromatic nitrogens is 3. The standard InChI is InChI=1S/C23H25N5O5S.ClH/c1-4-14-5-6-18(31-2)21(9-14)34(29,30)27-23-22-19(32-3)7-15(8-20(22)33-26-23)13-28-17-12-24-10-16(17)11-25-28;/h5-9,11,24H,4,10,12-13H2,1-3H3,(H,26,27);1H. The van der Waals surface area contributed by atoms with Crippen LogP contribution in [0.5, 0.6) is 11.5 Å². The molecule has 1 aliphatic heterocycles. The fourth-order valence-electron chi connectivity index (χ4n) is 4.17. The molecule has 0 bridgehead atoms. The molecule has 2 aromatic heterocycles. The lowest BCUT2D eigenvalue weighted by Gasteiger charge is -2.12. The molecule has 0 saturated heterocycles. The van der Waals surface area contributed by atoms with Crippen molar-refractivity contribution >= 4 is 39.2 Å². The van der Waals surface area contributed by atoms with Crippen LogP contribution in [0, 0.1) is 0 Å². The molecule has 0 spiro atoms. The smallest absolute Gasteiger partial charge is 0.266 e. The van der Waals surface area contributed by atoms with Gasteiger partial charge in [0.15, 0.2) is 11.4 Å². The first-order chi connectivity index (χ1) is 16.4. The molecule has 0 unspecified atom stereocenters. The van der Waals surface area contributed by atoms with Gasteiger partial charge in [0.05, 0.1) is 32.7 Å². The van der Waals surface area contributed by atoms with Gasteiger partial charge in [0.2, 0.25) is 0 Å². The van der Waals surface area contributed by atoms with Crippen LogP contribution in [0.1, 0.15) is 29.3 Å². The highest BCUT2D eigenvalue weighted by Crippen LogP contribution is 2.36. The summed E-state index contributed by atoms with van der Waals surface area (Å²) in [5.41, 5.74) is 4.50. The highest BCUT2D eigenvalue weighted by atomic mass is 35.5. The Balaban J connectivity index is 0.00000289. The maximum Gasteiger partial charge on any atom is 0.266 e. The summed E-state index contributed by atoms with van der Waals surface area (Å²) in [5, 5.41) is 12.2. The number of sulfonamides is 1. The minimum absolute atomic E-state index is 0. The van der Waals surface area contributed by atoms with Crippen LogP contribution in [0.15, 0.2) is 45.9 Å². The van der Waals surface area contributed by atoms with Crippen molar-refractivity contribution in [3.63, 3.8) is 0 Å². The Morgan fingerprint density at radius 1 is 1.11 bits per heavy atom. The van der Waals surface area contributed by atoms with Crippen LogP contribution in [-0.4, -0.2) is 37.6 Å². The molecule has 0 radical (unpaired) electrons. The summed E-state index contributed by atoms with van der Waals surface area (Å²) in [6.07, 6.45) is 2.56. The quantitative estimate of drug-likeness (QED) is 0.363. The van der Waals surface area contributed by atoms with Gasteiger partial charge in [-0.15, -0.1) is 12.4 Å². The van der Waals surface area contributed by atoms with Crippen LogP contribution in [0.2, 0.25) is 0 Å². The Bertz CT molecular complexity index is 1480. The predicted molar refractivity (Wildman–Crippen MR) is 133 cm³/mol. The van der Waals surface area contributed by atoms with E-state index in [1.807, 2.05) is 36.0 Å². The number of hydrogen-bond acceptors (Lipinski definition) is 8. The molecule has 5 rings (SSSR count). The first-order valence-electron chi connectivity index (χ1n) is 10.8. The van der Waals surface area contributed by atoms with Gasteiger partial charge in [-0.2, -0.15) is 5.10 Å². The van der Waals surface area contributed by atoms with Crippen molar-refractivity contribution in [3.05, 3.63) is 58.9 Å². The lowest BCUT2D eigenvalue weighted by molar-refractivity contribution is 0.402. The van der Waals surface area contributed by atoms with E-state index in [0.717, 1.165) is 29.9 Å². The van der Waals surface area contributed by atoms with Crippen molar-refractivity contribution in [3.8, 4) is 11.5 Å². The molecule has 0 fully saturated rings. The summed E-state index contributed by atoms with van der Waals surface area (Å²) in [6, 6.07) is 8.72. The fourth-order valence-corrected chi connectivity index (χ4v) is 5.40. The average Bonchev–Trinajstić information content (AvgIpc) is 3.56. The number of aryl methyl sites for hydroxylation is 1. The highest BCUT2D eigenvalue weighted by Gasteiger charge is 2.25. The van der Waals surface area contributed by atoms with Crippen LogP contribution in [0.3, 0.4) is 0 Å². The maximum atomic E-state index is 13.2. The van der Waals surface area contributed by atoms with Gasteiger partial charge in [-0.05, 0) is 41.8 Å². The monoisotopic (exact) mass is 519 g/mol. The second-order valence-electron chi connectivity index (χ2n) is 8.02. The highest BCUT2D eigenvalue weighted by molar-refractivity contribution is 7.92. The van der Waals surface area contributed by atoms with Gasteiger partial charge in [-0.1, -0.05) is 18.1 Å². The largest absolute Gasteiger partial charge is 0.496 e. The molecule has 1 aliphatic rings. The molecule has 0 aliphatic carbocycles. The van der Waals surface area contributed by atoms with Crippen molar-refractivity contribution < 1.29 is 22.4 Å². The number of fused-ring (bicyclic) bond motifs is 2. The van der Waals surface area contributed by atoms with Crippen LogP contribution >= 0.6 is 12.4 Å². The third-order valence-corrected chi connectivity index (χ3v) is 7.31. The first-order valence-corrected chi connectivity index (χ1v) is 12.3. The zero-order valence-electron chi connectivity index (χ0n) is 19.5. The Morgan fingerprint density at radius 3 is 2.66 bits per heavy atom. The van der Waals surface area contributed by atoms with Crippen LogP contribution in [-0.2, 0) is 36.1 Å². The number of anilines is 1. The third kappa shape index (κ3) is 4.54. The van der Waals surface area contributed by atoms with E-state index in [1.54, 1.807) is 12.1 Å². The van der Waals surface area contributed by atoms with Crippen molar-refractivity contribution in [2.45, 2.75) is 37.9 Å². The van der Waals surface area contributed by atoms with E-state index < -0.39 is 10.0 Å². The summed E-state index contributed by atoms with van der Waals surface area (Å²) in [6.45, 7) is 4.06. The van der Waals surface area contributed by atoms with E-state index >= 15 is 0 Å². The molecule has 0 atom stereocenters. The van der Waals surface area contributed by atoms with Crippen molar-refractivity contribution in [1.29, 1.82) is 0 Å². The van der Waals surface area contributed by atoms with E-state index in [1.165, 1.54) is 19.8 Å². The number of nitrogens with one attached hydrogen (secondary N) is 2. The Labute approximate surface area is 209 Å². The summed E-state index contributed by atoms with van der Waals surface area (Å²) in [7, 11) is -1.05. The van der Waals surface area contributed by atoms with Gasteiger partial charge in [-0.25, -0.2) is 8.42 Å². The Hall–Kier alpha value is -3.28. The number of ether oxygens (including phenoxy) is 2. The number of halogens is 1. The number of rotatable bonds is 8. The molecule has 0 amide bonds. The van der Waals surface area contributed by atoms with Crippen molar-refractivity contribution in [2.24, 2.45) is 0 Å². The maximum absolute atomic E-state index is 13.2. The molecule has 3 heterocycles. The predicted octanol–water partition coefficient (Wildman–Crippen LogP) is 3.48. The van der Waals surface area contributed by atoms with Crippen LogP contribution < -0.4 is 19.5 Å². The van der Waals surface area contributed by atoms with E-state index in [-0.39, 0.29) is 28.9 Å². The summed E-state index contributed by atoms with van der Waals surface area (Å²) in [5.74, 6) is 0.738. The molecule has 186 valence electrons. The van der Waals surface area contributed by atoms with Crippen LogP contribution in [0.4, 0.5) is 5.82 Å². The van der Waals surface area contributed by atoms with Gasteiger partial charge in [-0.3, -0.25) is 9.40 Å². The summed E-state index contributed by atoms with van der Waals surface area (Å²) in [4.78, 5) is 0.0298. The summed E-state index contributed by atoms with van der Waals surface area (Å²) < 4.78 is 47.3. The first kappa shape index (κ1) is 24.8. The van der Waals surface area contributed by atoms with E-state index in [0.29, 0.717) is 29.7 Å². The zero-order valence-corrected chi connectivity index (χ0v) is 21.1. The Kier molecular flexibility index (Phi) is 6.93. The zero-order chi connectivity index (χ0) is 23.9. The Morgan fingerprint density at radius 2 is 1.91 bits per heavy atom. The van der Waals surface area contributed by atoms with Gasteiger partial charge < -0.3 is 19.3 Å². The van der Waals surface area contributed by atoms with Gasteiger partial charge in [0, 0.05) is 18.7 Å². The number of methoxy groups -OCH3 is 2. The number of nitrogens with zero attached hydrogens (tertiary/aromatic N) is 3. The average molecular weight is 520 g/mol. The number of benzene rings is 2. The molecule has 2 N–H and O–H groups in total. The summed E-state index contributed by atoms with van der Waals surface area (Å²) >= 11 is 0. The van der Waals surface area contributed by atoms with E-state index in [9.17, 15) is 8.42 Å². The van der Waals surface area contributed by atoms with E-state index in [2.05, 4.69) is 20.3 Å². The topological polar surface area (TPSA) is 121 Å². The molecule has 10 nitrogen and oxygen atoms in total. The molecule has 12 heteroatoms. The van der Waals surface area contributed by atoms with Gasteiger partial charge in [0.1, 0.15) is 21.8 Å². The van der Waals surface area contributed by atoms with Crippen molar-refractivity contribution in [2.75, 3.05) is 18.9 Å². The SMILES string of the molecule is CCc1ccc(OC)c(S(=O)(=O)Nc2noc3cc(Cn4ncc5c4CNC5)cc(OC)c23)c1.Cl. The third-order valence-electron chi connectivity index (χ3n) is 5.95. The van der Waals surface area contributed by atoms with Gasteiger partial charge >= 0.3 is 0 Å². The lowest BCUT2D eigenvalue weighted by atomic mass is 10.1. The molecule has 2 aromatic carbocycles. The molecule has 4 aromatic rings. The fraction of sp³-hybridized carbons (Fsp3) is 0.304. The minimum atomic E-state index is -4.01. The lowest BCUT2D eigenvalue weighted by Crippen LogP contribution is -2.15. The second kappa shape index (κ2) is 9.76. The normalized spacial score (nSPS) is 12.9. The van der Waals surface area contributed by atoms with Crippen molar-refractivity contribution in [1.82, 2.24) is 20.3 Å².